The Kier molecular flexibility index (Phi) is 10.00. The molecule has 0 aliphatic carbocycles. The quantitative estimate of drug-likeness (QED) is 0.158. The van der Waals surface area contributed by atoms with Crippen LogP contribution in [0.2, 0.25) is 5.02 Å². The number of methoxy groups -OCH3 is 1. The molecule has 52 heavy (non-hydrogen) atoms. The molecule has 1 unspecified atom stereocenters. The second-order valence-electron chi connectivity index (χ2n) is 11.9. The third-order valence-corrected chi connectivity index (χ3v) is 9.66. The first-order valence-corrected chi connectivity index (χ1v) is 17.9. The Morgan fingerprint density at radius 1 is 1.00 bits per heavy atom. The van der Waals surface area contributed by atoms with Gasteiger partial charge in [-0.05, 0) is 47.5 Å². The van der Waals surface area contributed by atoms with Gasteiger partial charge in [0.1, 0.15) is 23.2 Å². The van der Waals surface area contributed by atoms with E-state index in [9.17, 15) is 31.9 Å². The number of sulfonamides is 1. The van der Waals surface area contributed by atoms with Crippen LogP contribution in [0.3, 0.4) is 0 Å². The molecule has 0 spiro atoms. The van der Waals surface area contributed by atoms with Gasteiger partial charge in [0.15, 0.2) is 5.82 Å². The number of anilines is 1. The second kappa shape index (κ2) is 14.4. The summed E-state index contributed by atoms with van der Waals surface area (Å²) in [5, 5.41) is 17.1. The molecule has 6 aromatic rings. The molecule has 0 saturated carbocycles. The molecule has 0 aliphatic rings. The minimum atomic E-state index is -3.98. The third-order valence-electron chi connectivity index (χ3n) is 8.25. The van der Waals surface area contributed by atoms with Gasteiger partial charge in [-0.2, -0.15) is 5.10 Å². The van der Waals surface area contributed by atoms with Gasteiger partial charge >= 0.3 is 6.09 Å². The molecule has 2 aromatic heterocycles. The maximum Gasteiger partial charge on any atom is 0.405 e. The maximum absolute atomic E-state index is 14.3. The number of hydrogen-bond acceptors (Lipinski definition) is 7. The smallest absolute Gasteiger partial charge is 0.405 e. The van der Waals surface area contributed by atoms with E-state index in [0.29, 0.717) is 22.9 Å². The first-order chi connectivity index (χ1) is 24.7. The first-order valence-electron chi connectivity index (χ1n) is 15.6. The van der Waals surface area contributed by atoms with Gasteiger partial charge < -0.3 is 15.2 Å². The number of rotatable bonds is 11. The molecule has 0 bridgehead atoms. The van der Waals surface area contributed by atoms with Crippen molar-refractivity contribution in [3.8, 4) is 22.7 Å². The zero-order valence-corrected chi connectivity index (χ0v) is 29.5. The number of nitrogens with one attached hydrogen (secondary N) is 1. The van der Waals surface area contributed by atoms with Crippen molar-refractivity contribution in [2.45, 2.75) is 19.0 Å². The maximum atomic E-state index is 14.3. The zero-order chi connectivity index (χ0) is 37.3. The number of benzene rings is 4. The number of halogens is 3. The Labute approximate surface area is 301 Å². The molecule has 12 nitrogen and oxygen atoms in total. The van der Waals surface area contributed by atoms with Crippen molar-refractivity contribution in [2.24, 2.45) is 7.05 Å². The van der Waals surface area contributed by atoms with Gasteiger partial charge in [-0.15, -0.1) is 0 Å². The molecule has 268 valence electrons. The molecule has 4 aromatic carbocycles. The predicted octanol–water partition coefficient (Wildman–Crippen LogP) is 6.24. The van der Waals surface area contributed by atoms with Crippen LogP contribution in [-0.4, -0.2) is 52.3 Å². The number of aromatic nitrogens is 4. The van der Waals surface area contributed by atoms with Gasteiger partial charge in [0, 0.05) is 31.2 Å². The predicted molar refractivity (Wildman–Crippen MR) is 193 cm³/mol. The Hall–Kier alpha value is -5.80. The van der Waals surface area contributed by atoms with Gasteiger partial charge in [0.2, 0.25) is 10.0 Å². The SMILES string of the molecule is COc1ccc(CN(c2nn(C)c3c(-n4c(C(Cc5cc(F)cc(F)c5)NC(=O)O)nc(-c5ccccc5)cc4=O)ccc(Cl)c23)S(C)(=O)=O)cc1. The summed E-state index contributed by atoms with van der Waals surface area (Å²) in [6.07, 6.45) is -0.761. The molecule has 0 aliphatic heterocycles. The van der Waals surface area contributed by atoms with Crippen molar-refractivity contribution in [3.63, 3.8) is 0 Å². The highest BCUT2D eigenvalue weighted by atomic mass is 35.5. The van der Waals surface area contributed by atoms with Gasteiger partial charge in [0.25, 0.3) is 5.56 Å². The fourth-order valence-corrected chi connectivity index (χ4v) is 7.05. The van der Waals surface area contributed by atoms with Crippen LogP contribution in [0.15, 0.2) is 95.8 Å². The van der Waals surface area contributed by atoms with Crippen LogP contribution in [0.1, 0.15) is 23.0 Å². The van der Waals surface area contributed by atoms with E-state index >= 15 is 0 Å². The lowest BCUT2D eigenvalue weighted by Gasteiger charge is -2.23. The Bertz CT molecular complexity index is 2460. The first kappa shape index (κ1) is 36.0. The summed E-state index contributed by atoms with van der Waals surface area (Å²) in [7, 11) is -0.921. The average Bonchev–Trinajstić information content (AvgIpc) is 3.43. The van der Waals surface area contributed by atoms with Crippen LogP contribution in [0.25, 0.3) is 27.8 Å². The number of aryl methyl sites for hydroxylation is 1. The van der Waals surface area contributed by atoms with Crippen LogP contribution in [0, 0.1) is 11.6 Å². The van der Waals surface area contributed by atoms with Crippen LogP contribution >= 0.6 is 11.6 Å². The largest absolute Gasteiger partial charge is 0.497 e. The molecule has 0 radical (unpaired) electrons. The number of hydrogen-bond donors (Lipinski definition) is 2. The summed E-state index contributed by atoms with van der Waals surface area (Å²) in [6, 6.07) is 21.2. The summed E-state index contributed by atoms with van der Waals surface area (Å²) in [4.78, 5) is 31.2. The van der Waals surface area contributed by atoms with E-state index in [1.54, 1.807) is 61.6 Å². The van der Waals surface area contributed by atoms with Gasteiger partial charge in [-0.25, -0.2) is 31.3 Å². The van der Waals surface area contributed by atoms with Gasteiger partial charge in [-0.3, -0.25) is 14.0 Å². The topological polar surface area (TPSA) is 149 Å². The number of ether oxygens (including phenoxy) is 1. The lowest BCUT2D eigenvalue weighted by molar-refractivity contribution is 0.189. The monoisotopic (exact) mass is 748 g/mol. The van der Waals surface area contributed by atoms with E-state index < -0.39 is 39.4 Å². The number of amides is 1. The standard InChI is InChI=1S/C36H31ClF2N6O6S/c1-43-33-30(14-13-27(37)32(33)35(42-43)44(52(3,49)50)20-21-9-11-26(51-2)12-10-21)45-31(46)19-28(23-7-5-4-6-8-23)40-34(45)29(41-36(47)48)17-22-15-24(38)18-25(39)16-22/h4-16,18-19,29,41H,17,20H2,1-3H3,(H,47,48). The molecule has 6 rings (SSSR count). The summed E-state index contributed by atoms with van der Waals surface area (Å²) in [5.74, 6) is -1.32. The highest BCUT2D eigenvalue weighted by Crippen LogP contribution is 2.38. The highest BCUT2D eigenvalue weighted by Gasteiger charge is 2.30. The number of carbonyl (C=O) groups is 1. The molecule has 1 amide bonds. The van der Waals surface area contributed by atoms with Gasteiger partial charge in [0.05, 0.1) is 53.3 Å². The molecular formula is C36H31ClF2N6O6S. The van der Waals surface area contributed by atoms with Crippen molar-refractivity contribution in [2.75, 3.05) is 17.7 Å². The number of fused-ring (bicyclic) bond motifs is 1. The third kappa shape index (κ3) is 7.45. The molecule has 0 saturated heterocycles. The van der Waals surface area contributed by atoms with Crippen LogP contribution < -0.4 is 19.9 Å². The summed E-state index contributed by atoms with van der Waals surface area (Å²) < 4.78 is 64.0. The zero-order valence-electron chi connectivity index (χ0n) is 27.9. The molecule has 2 N–H and O–H groups in total. The minimum Gasteiger partial charge on any atom is -0.497 e. The fraction of sp³-hybridized carbons (Fsp3) is 0.167. The fourth-order valence-electron chi connectivity index (χ4n) is 5.99. The Morgan fingerprint density at radius 2 is 1.67 bits per heavy atom. The van der Waals surface area contributed by atoms with E-state index in [1.165, 1.54) is 30.0 Å². The van der Waals surface area contributed by atoms with Crippen molar-refractivity contribution < 1.29 is 31.8 Å². The lowest BCUT2D eigenvalue weighted by Crippen LogP contribution is -2.35. The Balaban J connectivity index is 1.60. The second-order valence-corrected chi connectivity index (χ2v) is 14.2. The van der Waals surface area contributed by atoms with E-state index in [0.717, 1.165) is 27.3 Å². The highest BCUT2D eigenvalue weighted by molar-refractivity contribution is 7.92. The van der Waals surface area contributed by atoms with Crippen LogP contribution in [0.4, 0.5) is 19.4 Å². The van der Waals surface area contributed by atoms with Crippen molar-refractivity contribution >= 4 is 44.4 Å². The summed E-state index contributed by atoms with van der Waals surface area (Å²) in [5.41, 5.74) is 1.17. The van der Waals surface area contributed by atoms with Crippen molar-refractivity contribution in [1.29, 1.82) is 0 Å². The van der Waals surface area contributed by atoms with Crippen molar-refractivity contribution in [1.82, 2.24) is 24.6 Å². The molecular weight excluding hydrogens is 718 g/mol. The van der Waals surface area contributed by atoms with E-state index in [4.69, 9.17) is 21.3 Å². The van der Waals surface area contributed by atoms with E-state index in [1.807, 2.05) is 0 Å². The number of carboxylic acid groups (broad SMARTS) is 1. The molecule has 1 atom stereocenters. The summed E-state index contributed by atoms with van der Waals surface area (Å²) >= 11 is 6.77. The van der Waals surface area contributed by atoms with E-state index in [-0.39, 0.29) is 57.5 Å². The Morgan fingerprint density at radius 3 is 2.29 bits per heavy atom. The van der Waals surface area contributed by atoms with Gasteiger partial charge in [-0.1, -0.05) is 54.1 Å². The van der Waals surface area contributed by atoms with Crippen molar-refractivity contribution in [3.05, 3.63) is 135 Å². The average molecular weight is 749 g/mol. The minimum absolute atomic E-state index is 0.0263. The van der Waals surface area contributed by atoms with Crippen LogP contribution in [-0.2, 0) is 30.0 Å². The van der Waals surface area contributed by atoms with E-state index in [2.05, 4.69) is 10.4 Å². The normalized spacial score (nSPS) is 12.1. The lowest BCUT2D eigenvalue weighted by atomic mass is 10.0. The molecule has 16 heteroatoms. The summed E-state index contributed by atoms with van der Waals surface area (Å²) in [6.45, 7) is -0.122. The molecule has 0 fully saturated rings. The molecule has 2 heterocycles. The van der Waals surface area contributed by atoms with Crippen LogP contribution in [0.5, 0.6) is 5.75 Å². The number of nitrogens with zero attached hydrogens (tertiary/aromatic N) is 5.